The van der Waals surface area contributed by atoms with Crippen LogP contribution in [0.25, 0.3) is 5.70 Å². The number of pyridine rings is 1. The Hall–Kier alpha value is -3.49. The lowest BCUT2D eigenvalue weighted by molar-refractivity contribution is 0.239. The maximum absolute atomic E-state index is 5.71. The first-order chi connectivity index (χ1) is 15.0. The molecule has 3 aromatic heterocycles. The number of hydroxylamine groups is 1. The van der Waals surface area contributed by atoms with E-state index in [2.05, 4.69) is 55.9 Å². The SMILES string of the molecule is C=C(NOc1ncnc(N2CCC(c3nc(C(C)C)no3)CC2)c1C)c1cccnc1. The molecular weight excluding hydrogens is 394 g/mol. The smallest absolute Gasteiger partial charge is 0.253 e. The van der Waals surface area contributed by atoms with E-state index in [1.165, 1.54) is 6.33 Å². The summed E-state index contributed by atoms with van der Waals surface area (Å²) in [5.41, 5.74) is 5.17. The van der Waals surface area contributed by atoms with E-state index >= 15 is 0 Å². The third-order valence-electron chi connectivity index (χ3n) is 5.41. The highest BCUT2D eigenvalue weighted by atomic mass is 16.7. The van der Waals surface area contributed by atoms with Crippen molar-refractivity contribution in [2.45, 2.75) is 45.4 Å². The molecule has 0 radical (unpaired) electrons. The molecule has 0 amide bonds. The van der Waals surface area contributed by atoms with Gasteiger partial charge in [0.25, 0.3) is 5.88 Å². The van der Waals surface area contributed by atoms with Crippen LogP contribution in [0.15, 0.2) is 42.0 Å². The second-order valence-electron chi connectivity index (χ2n) is 7.96. The highest BCUT2D eigenvalue weighted by Gasteiger charge is 2.27. The topological polar surface area (TPSA) is 102 Å². The first-order valence-electron chi connectivity index (χ1n) is 10.4. The lowest BCUT2D eigenvalue weighted by atomic mass is 9.96. The molecule has 1 saturated heterocycles. The van der Waals surface area contributed by atoms with Gasteiger partial charge in [-0.15, -0.1) is 0 Å². The van der Waals surface area contributed by atoms with E-state index in [-0.39, 0.29) is 11.8 Å². The first-order valence-corrected chi connectivity index (χ1v) is 10.4. The van der Waals surface area contributed by atoms with Crippen LogP contribution in [0, 0.1) is 6.92 Å². The number of aromatic nitrogens is 5. The van der Waals surface area contributed by atoms with Gasteiger partial charge < -0.3 is 14.3 Å². The van der Waals surface area contributed by atoms with E-state index in [1.807, 2.05) is 19.1 Å². The van der Waals surface area contributed by atoms with E-state index in [0.29, 0.717) is 11.6 Å². The maximum atomic E-state index is 5.71. The van der Waals surface area contributed by atoms with Crippen molar-refractivity contribution in [3.63, 3.8) is 0 Å². The molecule has 31 heavy (non-hydrogen) atoms. The molecular formula is C22H27N7O2. The van der Waals surface area contributed by atoms with Crippen molar-refractivity contribution in [1.82, 2.24) is 30.6 Å². The predicted molar refractivity (Wildman–Crippen MR) is 116 cm³/mol. The van der Waals surface area contributed by atoms with E-state index < -0.39 is 0 Å². The van der Waals surface area contributed by atoms with Crippen molar-refractivity contribution < 1.29 is 9.36 Å². The van der Waals surface area contributed by atoms with Gasteiger partial charge in [0.05, 0.1) is 11.3 Å². The minimum Gasteiger partial charge on any atom is -0.361 e. The van der Waals surface area contributed by atoms with Gasteiger partial charge in [-0.1, -0.05) is 25.6 Å². The quantitative estimate of drug-likeness (QED) is 0.573. The van der Waals surface area contributed by atoms with E-state index in [9.17, 15) is 0 Å². The van der Waals surface area contributed by atoms with Gasteiger partial charge in [-0.25, -0.2) is 10.5 Å². The number of piperidine rings is 1. The molecule has 0 aromatic carbocycles. The third kappa shape index (κ3) is 4.65. The molecule has 1 fully saturated rings. The average molecular weight is 422 g/mol. The van der Waals surface area contributed by atoms with Gasteiger partial charge in [0.15, 0.2) is 5.82 Å². The third-order valence-corrected chi connectivity index (χ3v) is 5.41. The van der Waals surface area contributed by atoms with Crippen molar-refractivity contribution >= 4 is 11.5 Å². The summed E-state index contributed by atoms with van der Waals surface area (Å²) in [4.78, 5) is 25.4. The van der Waals surface area contributed by atoms with E-state index in [1.54, 1.807) is 12.4 Å². The monoisotopic (exact) mass is 421 g/mol. The van der Waals surface area contributed by atoms with Crippen molar-refractivity contribution in [1.29, 1.82) is 0 Å². The fourth-order valence-electron chi connectivity index (χ4n) is 3.54. The highest BCUT2D eigenvalue weighted by molar-refractivity contribution is 5.60. The normalized spacial score (nSPS) is 14.6. The van der Waals surface area contributed by atoms with Crippen LogP contribution in [-0.2, 0) is 0 Å². The Bertz CT molecular complexity index is 1030. The molecule has 0 unspecified atom stereocenters. The van der Waals surface area contributed by atoms with Crippen molar-refractivity contribution in [2.75, 3.05) is 18.0 Å². The zero-order valence-electron chi connectivity index (χ0n) is 18.1. The molecule has 0 bridgehead atoms. The van der Waals surface area contributed by atoms with Crippen molar-refractivity contribution in [3.8, 4) is 5.88 Å². The minimum absolute atomic E-state index is 0.266. The Morgan fingerprint density at radius 3 is 2.77 bits per heavy atom. The molecule has 1 aliphatic heterocycles. The summed E-state index contributed by atoms with van der Waals surface area (Å²) in [6.07, 6.45) is 6.80. The van der Waals surface area contributed by atoms with Crippen LogP contribution < -0.4 is 15.2 Å². The Labute approximate surface area is 181 Å². The van der Waals surface area contributed by atoms with Gasteiger partial charge in [0, 0.05) is 42.9 Å². The Balaban J connectivity index is 1.38. The first kappa shape index (κ1) is 20.8. The standard InChI is InChI=1S/C22H27N7O2/c1-14(2)19-26-22(31-28-19)17-7-10-29(11-8-17)20-15(3)21(25-13-24-20)30-27-16(4)18-6-5-9-23-12-18/h5-6,9,12-14,17,27H,4,7-8,10-11H2,1-3H3. The van der Waals surface area contributed by atoms with Crippen LogP contribution in [0.1, 0.15) is 61.4 Å². The lowest BCUT2D eigenvalue weighted by Crippen LogP contribution is -2.34. The summed E-state index contributed by atoms with van der Waals surface area (Å²) in [6.45, 7) is 11.8. The number of rotatable bonds is 7. The highest BCUT2D eigenvalue weighted by Crippen LogP contribution is 2.32. The summed E-state index contributed by atoms with van der Waals surface area (Å²) in [6, 6.07) is 3.75. The molecule has 3 aromatic rings. The van der Waals surface area contributed by atoms with Crippen molar-refractivity contribution in [2.24, 2.45) is 0 Å². The summed E-state index contributed by atoms with van der Waals surface area (Å²) < 4.78 is 5.49. The number of nitrogens with one attached hydrogen (secondary N) is 1. The molecule has 9 nitrogen and oxygen atoms in total. The van der Waals surface area contributed by atoms with E-state index in [4.69, 9.17) is 9.36 Å². The number of hydrogen-bond donors (Lipinski definition) is 1. The second kappa shape index (κ2) is 9.11. The van der Waals surface area contributed by atoms with Crippen LogP contribution >= 0.6 is 0 Å². The van der Waals surface area contributed by atoms with Crippen molar-refractivity contribution in [3.05, 3.63) is 60.3 Å². The van der Waals surface area contributed by atoms with Gasteiger partial charge in [-0.3, -0.25) is 4.98 Å². The van der Waals surface area contributed by atoms with Gasteiger partial charge in [-0.2, -0.15) is 9.97 Å². The van der Waals surface area contributed by atoms with Crippen LogP contribution in [0.5, 0.6) is 5.88 Å². The molecule has 0 atom stereocenters. The van der Waals surface area contributed by atoms with Gasteiger partial charge in [0.1, 0.15) is 12.1 Å². The molecule has 4 heterocycles. The van der Waals surface area contributed by atoms with E-state index in [0.717, 1.165) is 54.6 Å². The predicted octanol–water partition coefficient (Wildman–Crippen LogP) is 3.62. The fourth-order valence-corrected chi connectivity index (χ4v) is 3.54. The van der Waals surface area contributed by atoms with Crippen LogP contribution in [0.4, 0.5) is 5.82 Å². The fraction of sp³-hybridized carbons (Fsp3) is 0.409. The Kier molecular flexibility index (Phi) is 6.11. The molecule has 162 valence electrons. The summed E-state index contributed by atoms with van der Waals surface area (Å²) >= 11 is 0. The summed E-state index contributed by atoms with van der Waals surface area (Å²) in [7, 11) is 0. The van der Waals surface area contributed by atoms with Gasteiger partial charge in [0.2, 0.25) is 5.89 Å². The van der Waals surface area contributed by atoms with Crippen LogP contribution in [0.2, 0.25) is 0 Å². The van der Waals surface area contributed by atoms with Crippen LogP contribution in [0.3, 0.4) is 0 Å². The molecule has 0 aliphatic carbocycles. The summed E-state index contributed by atoms with van der Waals surface area (Å²) in [5, 5.41) is 4.10. The number of nitrogens with zero attached hydrogens (tertiary/aromatic N) is 6. The minimum atomic E-state index is 0.266. The zero-order valence-corrected chi connectivity index (χ0v) is 18.1. The second-order valence-corrected chi connectivity index (χ2v) is 7.96. The Morgan fingerprint density at radius 1 is 1.29 bits per heavy atom. The average Bonchev–Trinajstić information content (AvgIpc) is 3.30. The lowest BCUT2D eigenvalue weighted by Gasteiger charge is -2.32. The molecule has 4 rings (SSSR count). The Morgan fingerprint density at radius 2 is 2.10 bits per heavy atom. The molecule has 0 spiro atoms. The molecule has 1 N–H and O–H groups in total. The van der Waals surface area contributed by atoms with Gasteiger partial charge in [-0.05, 0) is 31.9 Å². The molecule has 1 aliphatic rings. The van der Waals surface area contributed by atoms with Gasteiger partial charge >= 0.3 is 0 Å². The number of hydrogen-bond acceptors (Lipinski definition) is 9. The largest absolute Gasteiger partial charge is 0.361 e. The summed E-state index contributed by atoms with van der Waals surface area (Å²) in [5.74, 6) is 3.39. The maximum Gasteiger partial charge on any atom is 0.253 e. The molecule has 9 heteroatoms. The van der Waals surface area contributed by atoms with Crippen LogP contribution in [-0.4, -0.2) is 38.2 Å². The number of anilines is 1. The zero-order chi connectivity index (χ0) is 21.8. The molecule has 0 saturated carbocycles.